The summed E-state index contributed by atoms with van der Waals surface area (Å²) in [6.45, 7) is 2.53. The predicted molar refractivity (Wildman–Crippen MR) is 121 cm³/mol. The number of hydrogen-bond donors (Lipinski definition) is 2. The lowest BCUT2D eigenvalue weighted by molar-refractivity contribution is -0.230. The molecular formula is C26H24N2O4. The van der Waals surface area contributed by atoms with Crippen LogP contribution in [0.15, 0.2) is 65.2 Å². The van der Waals surface area contributed by atoms with Crippen molar-refractivity contribution < 1.29 is 19.1 Å². The van der Waals surface area contributed by atoms with Gasteiger partial charge in [0, 0.05) is 23.0 Å². The van der Waals surface area contributed by atoms with Crippen LogP contribution in [0.5, 0.6) is 0 Å². The Morgan fingerprint density at radius 2 is 1.84 bits per heavy atom. The van der Waals surface area contributed by atoms with Crippen molar-refractivity contribution in [2.75, 3.05) is 0 Å². The van der Waals surface area contributed by atoms with Crippen LogP contribution in [-0.2, 0) is 11.3 Å². The number of carbonyl (C=O) groups excluding carboxylic acids is 1. The fourth-order valence-corrected chi connectivity index (χ4v) is 5.84. The molecule has 4 aromatic rings. The van der Waals surface area contributed by atoms with Gasteiger partial charge in [-0.1, -0.05) is 30.3 Å². The van der Waals surface area contributed by atoms with E-state index < -0.39 is 11.4 Å². The molecule has 1 unspecified atom stereocenters. The molecule has 2 aromatic heterocycles. The summed E-state index contributed by atoms with van der Waals surface area (Å²) in [5.74, 6) is 0.00737. The van der Waals surface area contributed by atoms with Gasteiger partial charge < -0.3 is 19.4 Å². The van der Waals surface area contributed by atoms with Crippen LogP contribution in [0.1, 0.15) is 42.3 Å². The molecule has 0 spiro atoms. The number of aromatic nitrogens is 1. The fourth-order valence-electron chi connectivity index (χ4n) is 5.84. The Morgan fingerprint density at radius 1 is 1.09 bits per heavy atom. The smallest absolute Gasteiger partial charge is 0.309 e. The zero-order valence-corrected chi connectivity index (χ0v) is 17.8. The number of rotatable bonds is 6. The number of furan rings is 1. The zero-order chi connectivity index (χ0) is 22.1. The van der Waals surface area contributed by atoms with E-state index in [2.05, 4.69) is 5.32 Å². The standard InChI is InChI=1S/C26H24N2O4/c1-16(25-13-26(14-25,15-25)24(30)31)27-23(29)20-7-4-6-17-9-10-28(22(17)20)12-19-11-18-5-2-3-8-21(18)32-19/h2-11,16H,12-15H2,1H3,(H,27,29)(H,30,31). The monoisotopic (exact) mass is 428 g/mol. The largest absolute Gasteiger partial charge is 0.481 e. The van der Waals surface area contributed by atoms with Crippen LogP contribution in [0.3, 0.4) is 0 Å². The quantitative estimate of drug-likeness (QED) is 0.462. The minimum Gasteiger partial charge on any atom is -0.481 e. The van der Waals surface area contributed by atoms with Crippen molar-refractivity contribution in [1.82, 2.24) is 9.88 Å². The number of carboxylic acids is 1. The van der Waals surface area contributed by atoms with Gasteiger partial charge in [0.15, 0.2) is 0 Å². The van der Waals surface area contributed by atoms with Crippen molar-refractivity contribution in [2.24, 2.45) is 10.8 Å². The zero-order valence-electron chi connectivity index (χ0n) is 17.8. The SMILES string of the molecule is CC(NC(=O)c1cccc2ccn(Cc3cc4ccccc4o3)c12)C12CC(C(=O)O)(C1)C2. The Bertz CT molecular complexity index is 1340. The highest BCUT2D eigenvalue weighted by atomic mass is 16.4. The molecule has 2 N–H and O–H groups in total. The molecule has 6 heteroatoms. The lowest BCUT2D eigenvalue weighted by atomic mass is 9.33. The number of para-hydroxylation sites is 2. The minimum absolute atomic E-state index is 0.0646. The van der Waals surface area contributed by atoms with Gasteiger partial charge in [0.05, 0.1) is 23.0 Å². The maximum Gasteiger partial charge on any atom is 0.309 e. The van der Waals surface area contributed by atoms with Gasteiger partial charge in [0.1, 0.15) is 11.3 Å². The molecule has 2 bridgehead atoms. The Balaban J connectivity index is 1.26. The second-order valence-corrected chi connectivity index (χ2v) is 9.61. The van der Waals surface area contributed by atoms with Gasteiger partial charge in [-0.05, 0) is 55.9 Å². The van der Waals surface area contributed by atoms with Crippen molar-refractivity contribution in [3.05, 3.63) is 72.1 Å². The van der Waals surface area contributed by atoms with Crippen LogP contribution in [0, 0.1) is 10.8 Å². The normalized spacial score (nSPS) is 24.7. The molecule has 0 saturated heterocycles. The van der Waals surface area contributed by atoms with E-state index >= 15 is 0 Å². The van der Waals surface area contributed by atoms with Crippen molar-refractivity contribution >= 4 is 33.7 Å². The third kappa shape index (κ3) is 2.65. The topological polar surface area (TPSA) is 84.5 Å². The van der Waals surface area contributed by atoms with Gasteiger partial charge in [0.2, 0.25) is 0 Å². The Morgan fingerprint density at radius 3 is 2.59 bits per heavy atom. The number of nitrogens with one attached hydrogen (secondary N) is 1. The molecule has 3 aliphatic rings. The number of carboxylic acid groups (broad SMARTS) is 1. The number of amides is 1. The average molecular weight is 428 g/mol. The van der Waals surface area contributed by atoms with Crippen molar-refractivity contribution in [2.45, 2.75) is 38.8 Å². The maximum absolute atomic E-state index is 13.3. The Kier molecular flexibility index (Phi) is 3.88. The van der Waals surface area contributed by atoms with Gasteiger partial charge in [0.25, 0.3) is 5.91 Å². The second-order valence-electron chi connectivity index (χ2n) is 9.61. The summed E-state index contributed by atoms with van der Waals surface area (Å²) in [7, 11) is 0. The van der Waals surface area contributed by atoms with Crippen molar-refractivity contribution in [3.63, 3.8) is 0 Å². The molecule has 3 saturated carbocycles. The number of fused-ring (bicyclic) bond motifs is 2. The number of hydrogen-bond acceptors (Lipinski definition) is 3. The third-order valence-electron chi connectivity index (χ3n) is 7.63. The highest BCUT2D eigenvalue weighted by molar-refractivity contribution is 6.06. The van der Waals surface area contributed by atoms with E-state index in [0.717, 1.165) is 27.6 Å². The third-order valence-corrected chi connectivity index (χ3v) is 7.63. The molecule has 162 valence electrons. The van der Waals surface area contributed by atoms with Gasteiger partial charge in [-0.25, -0.2) is 0 Å². The average Bonchev–Trinajstić information content (AvgIpc) is 3.29. The Hall–Kier alpha value is -3.54. The van der Waals surface area contributed by atoms with Crippen LogP contribution in [0.2, 0.25) is 0 Å². The molecule has 0 radical (unpaired) electrons. The first-order valence-electron chi connectivity index (χ1n) is 11.0. The summed E-state index contributed by atoms with van der Waals surface area (Å²) in [6, 6.07) is 17.6. The van der Waals surface area contributed by atoms with Crippen molar-refractivity contribution in [3.8, 4) is 0 Å². The minimum atomic E-state index is -0.703. The molecular weight excluding hydrogens is 404 g/mol. The van der Waals surface area contributed by atoms with E-state index in [4.69, 9.17) is 4.42 Å². The number of benzene rings is 2. The van der Waals surface area contributed by atoms with E-state index in [9.17, 15) is 14.7 Å². The first-order chi connectivity index (χ1) is 15.4. The highest BCUT2D eigenvalue weighted by Crippen LogP contribution is 2.74. The van der Waals surface area contributed by atoms with Gasteiger partial charge in [-0.3, -0.25) is 9.59 Å². The first-order valence-corrected chi connectivity index (χ1v) is 11.0. The highest BCUT2D eigenvalue weighted by Gasteiger charge is 2.73. The molecule has 3 aliphatic carbocycles. The summed E-state index contributed by atoms with van der Waals surface area (Å²) in [5, 5.41) is 14.6. The van der Waals surface area contributed by atoms with E-state index in [1.807, 2.05) is 72.3 Å². The lowest BCUT2D eigenvalue weighted by Gasteiger charge is -2.70. The summed E-state index contributed by atoms with van der Waals surface area (Å²) >= 11 is 0. The van der Waals surface area contributed by atoms with Gasteiger partial charge >= 0.3 is 5.97 Å². The van der Waals surface area contributed by atoms with Gasteiger partial charge in [-0.2, -0.15) is 0 Å². The fraction of sp³-hybridized carbons (Fsp3) is 0.308. The molecule has 32 heavy (non-hydrogen) atoms. The Labute approximate surface area is 184 Å². The molecule has 6 nitrogen and oxygen atoms in total. The molecule has 7 rings (SSSR count). The molecule has 0 aliphatic heterocycles. The van der Waals surface area contributed by atoms with E-state index in [1.165, 1.54) is 0 Å². The summed E-state index contributed by atoms with van der Waals surface area (Å²) in [4.78, 5) is 24.7. The molecule has 3 fully saturated rings. The van der Waals surface area contributed by atoms with Gasteiger partial charge in [-0.15, -0.1) is 0 Å². The van der Waals surface area contributed by atoms with Crippen LogP contribution in [-0.4, -0.2) is 27.6 Å². The molecule has 2 heterocycles. The van der Waals surface area contributed by atoms with Crippen LogP contribution in [0.25, 0.3) is 21.9 Å². The summed E-state index contributed by atoms with van der Waals surface area (Å²) in [6.07, 6.45) is 3.95. The second kappa shape index (κ2) is 6.48. The maximum atomic E-state index is 13.3. The van der Waals surface area contributed by atoms with Crippen LogP contribution >= 0.6 is 0 Å². The predicted octanol–water partition coefficient (Wildman–Crippen LogP) is 4.81. The molecule has 2 aromatic carbocycles. The molecule has 1 atom stereocenters. The first kappa shape index (κ1) is 19.2. The lowest BCUT2D eigenvalue weighted by Crippen LogP contribution is -2.71. The van der Waals surface area contributed by atoms with E-state index in [1.54, 1.807) is 0 Å². The number of aliphatic carboxylic acids is 1. The van der Waals surface area contributed by atoms with Crippen LogP contribution < -0.4 is 5.32 Å². The van der Waals surface area contributed by atoms with Crippen LogP contribution in [0.4, 0.5) is 0 Å². The number of nitrogens with zero attached hydrogens (tertiary/aromatic N) is 1. The van der Waals surface area contributed by atoms with E-state index in [0.29, 0.717) is 31.4 Å². The summed E-state index contributed by atoms with van der Waals surface area (Å²) < 4.78 is 8.04. The molecule has 1 amide bonds. The number of carbonyl (C=O) groups is 2. The summed E-state index contributed by atoms with van der Waals surface area (Å²) in [5.41, 5.74) is 1.73. The van der Waals surface area contributed by atoms with Crippen molar-refractivity contribution in [1.29, 1.82) is 0 Å². The van der Waals surface area contributed by atoms with E-state index in [-0.39, 0.29) is 17.4 Å².